The molecule has 148 valence electrons. The number of para-hydroxylation sites is 1. The number of likely N-dealkylation sites (tertiary alicyclic amines) is 1. The number of carbonyl (C=O) groups excluding carboxylic acids is 1. The van der Waals surface area contributed by atoms with E-state index in [-0.39, 0.29) is 23.8 Å². The Morgan fingerprint density at radius 2 is 2.14 bits per heavy atom. The summed E-state index contributed by atoms with van der Waals surface area (Å²) in [4.78, 5) is 15.6. The fraction of sp³-hybridized carbons (Fsp3) is 0.524. The van der Waals surface area contributed by atoms with Crippen LogP contribution in [0.4, 0.5) is 0 Å². The van der Waals surface area contributed by atoms with Crippen molar-refractivity contribution in [2.45, 2.75) is 24.8 Å². The highest BCUT2D eigenvalue weighted by Gasteiger charge is 2.41. The Balaban J connectivity index is 1.42. The van der Waals surface area contributed by atoms with Crippen molar-refractivity contribution in [2.24, 2.45) is 13.0 Å². The zero-order valence-corrected chi connectivity index (χ0v) is 16.1. The summed E-state index contributed by atoms with van der Waals surface area (Å²) in [5, 5.41) is 7.71. The molecule has 3 aliphatic heterocycles. The van der Waals surface area contributed by atoms with Crippen LogP contribution >= 0.6 is 0 Å². The van der Waals surface area contributed by atoms with Gasteiger partial charge < -0.3 is 19.7 Å². The van der Waals surface area contributed by atoms with Gasteiger partial charge in [0.15, 0.2) is 11.5 Å². The number of nitrogens with one attached hydrogen (secondary N) is 1. The molecule has 1 aromatic heterocycles. The Bertz CT molecular complexity index is 880. The van der Waals surface area contributed by atoms with Gasteiger partial charge in [-0.2, -0.15) is 5.10 Å². The van der Waals surface area contributed by atoms with E-state index < -0.39 is 0 Å². The highest BCUT2D eigenvalue weighted by molar-refractivity contribution is 5.81. The summed E-state index contributed by atoms with van der Waals surface area (Å²) in [6, 6.07) is 6.08. The molecule has 7 nitrogen and oxygen atoms in total. The third-order valence-corrected chi connectivity index (χ3v) is 6.18. The van der Waals surface area contributed by atoms with E-state index in [9.17, 15) is 4.79 Å². The van der Waals surface area contributed by atoms with Crippen LogP contribution in [0.2, 0.25) is 0 Å². The van der Waals surface area contributed by atoms with Gasteiger partial charge in [-0.25, -0.2) is 0 Å². The zero-order valence-electron chi connectivity index (χ0n) is 16.1. The lowest BCUT2D eigenvalue weighted by Crippen LogP contribution is -2.38. The van der Waals surface area contributed by atoms with Gasteiger partial charge in [0.2, 0.25) is 5.91 Å². The number of amides is 1. The van der Waals surface area contributed by atoms with E-state index in [1.807, 2.05) is 31.6 Å². The highest BCUT2D eigenvalue weighted by atomic mass is 16.6. The highest BCUT2D eigenvalue weighted by Crippen LogP contribution is 2.44. The van der Waals surface area contributed by atoms with Crippen molar-refractivity contribution in [1.29, 1.82) is 0 Å². The van der Waals surface area contributed by atoms with Gasteiger partial charge in [0.05, 0.1) is 18.2 Å². The largest absolute Gasteiger partial charge is 0.486 e. The molecule has 0 radical (unpaired) electrons. The van der Waals surface area contributed by atoms with Gasteiger partial charge >= 0.3 is 0 Å². The Morgan fingerprint density at radius 1 is 1.25 bits per heavy atom. The number of aryl methyl sites for hydroxylation is 1. The topological polar surface area (TPSA) is 68.6 Å². The normalized spacial score (nSPS) is 26.6. The first-order valence-corrected chi connectivity index (χ1v) is 10.1. The second-order valence-electron chi connectivity index (χ2n) is 7.88. The lowest BCUT2D eigenvalue weighted by Gasteiger charge is -2.31. The van der Waals surface area contributed by atoms with E-state index in [1.165, 1.54) is 0 Å². The molecule has 1 N–H and O–H groups in total. The smallest absolute Gasteiger partial charge is 0.228 e. The van der Waals surface area contributed by atoms with E-state index in [4.69, 9.17) is 9.47 Å². The van der Waals surface area contributed by atoms with Crippen LogP contribution in [0.3, 0.4) is 0 Å². The fourth-order valence-corrected chi connectivity index (χ4v) is 4.85. The zero-order chi connectivity index (χ0) is 19.1. The summed E-state index contributed by atoms with van der Waals surface area (Å²) in [5.74, 6) is 1.95. The number of benzene rings is 1. The number of hydrogen-bond donors (Lipinski definition) is 1. The summed E-state index contributed by atoms with van der Waals surface area (Å²) >= 11 is 0. The van der Waals surface area contributed by atoms with Crippen molar-refractivity contribution < 1.29 is 14.3 Å². The number of rotatable bonds is 3. The van der Waals surface area contributed by atoms with E-state index in [2.05, 4.69) is 21.4 Å². The number of ether oxygens (including phenoxy) is 2. The van der Waals surface area contributed by atoms with Crippen LogP contribution in [0.1, 0.15) is 35.9 Å². The Morgan fingerprint density at radius 3 is 3.00 bits per heavy atom. The second-order valence-corrected chi connectivity index (χ2v) is 7.88. The fourth-order valence-electron chi connectivity index (χ4n) is 4.85. The molecule has 0 bridgehead atoms. The minimum Gasteiger partial charge on any atom is -0.486 e. The third-order valence-electron chi connectivity index (χ3n) is 6.18. The van der Waals surface area contributed by atoms with Crippen LogP contribution in [-0.2, 0) is 11.8 Å². The Hall–Kier alpha value is -2.54. The van der Waals surface area contributed by atoms with Crippen molar-refractivity contribution in [3.63, 3.8) is 0 Å². The quantitative estimate of drug-likeness (QED) is 0.878. The van der Waals surface area contributed by atoms with E-state index in [0.717, 1.165) is 48.6 Å². The molecule has 1 aromatic carbocycles. The maximum absolute atomic E-state index is 13.6. The number of nitrogens with zero attached hydrogens (tertiary/aromatic N) is 3. The summed E-state index contributed by atoms with van der Waals surface area (Å²) in [7, 11) is 1.92. The first kappa shape index (κ1) is 17.6. The summed E-state index contributed by atoms with van der Waals surface area (Å²) < 4.78 is 13.5. The van der Waals surface area contributed by atoms with Gasteiger partial charge in [-0.1, -0.05) is 12.1 Å². The van der Waals surface area contributed by atoms with Crippen molar-refractivity contribution in [2.75, 3.05) is 32.8 Å². The SMILES string of the molecule is Cn1cc([C@H]2CNC[C@@H]2C(=O)N2CCCC2c2cccc3c2OCCO3)cn1. The van der Waals surface area contributed by atoms with E-state index in [1.54, 1.807) is 4.68 Å². The molecule has 0 spiro atoms. The molecule has 0 aliphatic carbocycles. The molecule has 2 aromatic rings. The van der Waals surface area contributed by atoms with Crippen LogP contribution in [0, 0.1) is 5.92 Å². The molecule has 0 saturated carbocycles. The maximum Gasteiger partial charge on any atom is 0.228 e. The number of fused-ring (bicyclic) bond motifs is 1. The van der Waals surface area contributed by atoms with E-state index in [0.29, 0.717) is 19.8 Å². The molecular formula is C21H26N4O3. The minimum absolute atomic E-state index is 0.0542. The van der Waals surface area contributed by atoms with Crippen molar-refractivity contribution >= 4 is 5.91 Å². The monoisotopic (exact) mass is 382 g/mol. The lowest BCUT2D eigenvalue weighted by atomic mass is 9.89. The van der Waals surface area contributed by atoms with Gasteiger partial charge in [-0.05, 0) is 24.5 Å². The predicted molar refractivity (Wildman–Crippen MR) is 103 cm³/mol. The van der Waals surface area contributed by atoms with Crippen molar-refractivity contribution in [1.82, 2.24) is 20.0 Å². The van der Waals surface area contributed by atoms with Crippen LogP contribution in [0.25, 0.3) is 0 Å². The molecule has 5 rings (SSSR count). The average molecular weight is 382 g/mol. The number of aromatic nitrogens is 2. The lowest BCUT2D eigenvalue weighted by molar-refractivity contribution is -0.136. The molecule has 28 heavy (non-hydrogen) atoms. The molecule has 3 aliphatic rings. The molecule has 7 heteroatoms. The third kappa shape index (κ3) is 2.94. The van der Waals surface area contributed by atoms with Gasteiger partial charge in [0.1, 0.15) is 13.2 Å². The Kier molecular flexibility index (Phi) is 4.47. The molecular weight excluding hydrogens is 356 g/mol. The van der Waals surface area contributed by atoms with Crippen LogP contribution in [-0.4, -0.2) is 53.4 Å². The average Bonchev–Trinajstić information content (AvgIpc) is 3.47. The van der Waals surface area contributed by atoms with Gasteiger partial charge in [-0.3, -0.25) is 9.48 Å². The molecule has 2 fully saturated rings. The number of hydrogen-bond acceptors (Lipinski definition) is 5. The molecule has 2 saturated heterocycles. The molecule has 4 heterocycles. The Labute approximate surface area is 164 Å². The van der Waals surface area contributed by atoms with Crippen LogP contribution in [0.15, 0.2) is 30.6 Å². The van der Waals surface area contributed by atoms with Crippen molar-refractivity contribution in [3.8, 4) is 11.5 Å². The van der Waals surface area contributed by atoms with Gasteiger partial charge in [-0.15, -0.1) is 0 Å². The van der Waals surface area contributed by atoms with Crippen LogP contribution in [0.5, 0.6) is 11.5 Å². The number of carbonyl (C=O) groups is 1. The van der Waals surface area contributed by atoms with Crippen molar-refractivity contribution in [3.05, 3.63) is 41.7 Å². The summed E-state index contributed by atoms with van der Waals surface area (Å²) in [5.41, 5.74) is 2.21. The molecule has 1 unspecified atom stereocenters. The second kappa shape index (κ2) is 7.13. The first-order chi connectivity index (χ1) is 13.7. The predicted octanol–water partition coefficient (Wildman–Crippen LogP) is 1.86. The molecule has 1 amide bonds. The van der Waals surface area contributed by atoms with Crippen LogP contribution < -0.4 is 14.8 Å². The van der Waals surface area contributed by atoms with Gasteiger partial charge in [0, 0.05) is 44.4 Å². The summed E-state index contributed by atoms with van der Waals surface area (Å²) in [6.45, 7) is 3.46. The maximum atomic E-state index is 13.6. The first-order valence-electron chi connectivity index (χ1n) is 10.1. The van der Waals surface area contributed by atoms with Gasteiger partial charge in [0.25, 0.3) is 0 Å². The standard InChI is InChI=1S/C21H26N4O3/c1-24-13-14(10-23-24)16-11-22-12-17(16)21(26)25-7-3-5-18(25)15-4-2-6-19-20(15)28-9-8-27-19/h2,4,6,10,13,16-18,22H,3,5,7-9,11-12H2,1H3/t16-,17+,18?/m1/s1. The van der Waals surface area contributed by atoms with E-state index >= 15 is 0 Å². The summed E-state index contributed by atoms with van der Waals surface area (Å²) in [6.07, 6.45) is 5.89. The molecule has 3 atom stereocenters. The minimum atomic E-state index is -0.0542.